The Hall–Kier alpha value is -7.23. The van der Waals surface area contributed by atoms with Crippen molar-refractivity contribution in [2.75, 3.05) is 0 Å². The minimum Gasteiger partial charge on any atom is -0.309 e. The smallest absolute Gasteiger partial charge is 0.164 e. The molecule has 0 bridgehead atoms. The molecule has 0 radical (unpaired) electrons. The highest BCUT2D eigenvalue weighted by Gasteiger charge is 2.20. The molecular weight excluding hydrogens is 642 g/mol. The van der Waals surface area contributed by atoms with Gasteiger partial charge in [-0.3, -0.25) is 0 Å². The maximum atomic E-state index is 14.8. The first kappa shape index (κ1) is 30.8. The number of halogens is 1. The second-order valence-corrected chi connectivity index (χ2v) is 12.6. The van der Waals surface area contributed by atoms with Gasteiger partial charge in [0.2, 0.25) is 0 Å². The highest BCUT2D eigenvalue weighted by molar-refractivity contribution is 6.11. The number of hydrogen-bond donors (Lipinski definition) is 0. The van der Waals surface area contributed by atoms with Gasteiger partial charge in [0.15, 0.2) is 17.5 Å². The topological polar surface area (TPSA) is 67.4 Å². The minimum absolute atomic E-state index is 0.313. The molecule has 0 aliphatic heterocycles. The van der Waals surface area contributed by atoms with E-state index in [4.69, 9.17) is 15.0 Å². The van der Waals surface area contributed by atoms with E-state index in [1.54, 1.807) is 12.1 Å². The van der Waals surface area contributed by atoms with Crippen molar-refractivity contribution in [3.63, 3.8) is 0 Å². The highest BCUT2D eigenvalue weighted by Crippen LogP contribution is 2.40. The number of rotatable bonds is 6. The third kappa shape index (κ3) is 5.57. The van der Waals surface area contributed by atoms with E-state index in [1.165, 1.54) is 6.07 Å². The Bertz CT molecular complexity index is 2760. The summed E-state index contributed by atoms with van der Waals surface area (Å²) in [6.45, 7) is 0. The van der Waals surface area contributed by atoms with Crippen LogP contribution >= 0.6 is 0 Å². The van der Waals surface area contributed by atoms with Gasteiger partial charge in [0, 0.05) is 33.0 Å². The lowest BCUT2D eigenvalue weighted by atomic mass is 10.00. The Morgan fingerprint density at radius 2 is 1.02 bits per heavy atom. The second kappa shape index (κ2) is 12.9. The van der Waals surface area contributed by atoms with Crippen molar-refractivity contribution in [1.29, 1.82) is 5.26 Å². The lowest BCUT2D eigenvalue weighted by molar-refractivity contribution is 0.628. The molecule has 0 atom stereocenters. The third-order valence-corrected chi connectivity index (χ3v) is 9.33. The van der Waals surface area contributed by atoms with Crippen LogP contribution in [0.1, 0.15) is 5.56 Å². The second-order valence-electron chi connectivity index (χ2n) is 12.6. The zero-order valence-electron chi connectivity index (χ0n) is 27.8. The predicted molar refractivity (Wildman–Crippen MR) is 206 cm³/mol. The van der Waals surface area contributed by atoms with Gasteiger partial charge in [-0.05, 0) is 59.2 Å². The monoisotopic (exact) mass is 669 g/mol. The molecule has 0 saturated heterocycles. The van der Waals surface area contributed by atoms with Gasteiger partial charge >= 0.3 is 0 Å². The van der Waals surface area contributed by atoms with Gasteiger partial charge in [-0.15, -0.1) is 0 Å². The molecule has 0 unspecified atom stereocenters. The molecule has 0 N–H and O–H groups in total. The molecule has 6 heteroatoms. The van der Waals surface area contributed by atoms with Crippen LogP contribution < -0.4 is 0 Å². The van der Waals surface area contributed by atoms with Crippen LogP contribution in [0.3, 0.4) is 0 Å². The molecule has 2 aromatic heterocycles. The molecular formula is C46H28FN5. The molecule has 9 aromatic rings. The first-order valence-corrected chi connectivity index (χ1v) is 16.9. The van der Waals surface area contributed by atoms with Gasteiger partial charge in [-0.1, -0.05) is 127 Å². The third-order valence-electron chi connectivity index (χ3n) is 9.33. The summed E-state index contributed by atoms with van der Waals surface area (Å²) in [5.74, 6) is 1.35. The summed E-state index contributed by atoms with van der Waals surface area (Å²) in [5, 5.41) is 11.8. The van der Waals surface area contributed by atoms with Crippen molar-refractivity contribution in [2.24, 2.45) is 0 Å². The molecule has 5 nitrogen and oxygen atoms in total. The lowest BCUT2D eigenvalue weighted by Gasteiger charge is -2.17. The van der Waals surface area contributed by atoms with Crippen LogP contribution in [0.15, 0.2) is 170 Å². The van der Waals surface area contributed by atoms with Crippen LogP contribution in [0, 0.1) is 17.1 Å². The average molecular weight is 670 g/mol. The SMILES string of the molecule is N#Cc1cccc(-c2ccc3c4ccccc4n(-c4cc(-c5nc(-c6ccccc6)nc(-c6ccccc6)n5)ccc4-c4cccc(F)c4)c3c2)c1. The van der Waals surface area contributed by atoms with Gasteiger partial charge in [-0.25, -0.2) is 19.3 Å². The summed E-state index contributed by atoms with van der Waals surface area (Å²) in [4.78, 5) is 14.9. The first-order valence-electron chi connectivity index (χ1n) is 16.9. The van der Waals surface area contributed by atoms with Crippen LogP contribution in [-0.4, -0.2) is 19.5 Å². The zero-order valence-corrected chi connectivity index (χ0v) is 27.8. The van der Waals surface area contributed by atoms with Crippen LogP contribution in [0.4, 0.5) is 4.39 Å². The van der Waals surface area contributed by atoms with E-state index in [0.717, 1.165) is 66.4 Å². The molecule has 9 rings (SSSR count). The molecule has 244 valence electrons. The van der Waals surface area contributed by atoms with Crippen molar-refractivity contribution < 1.29 is 4.39 Å². The number of aromatic nitrogens is 4. The summed E-state index contributed by atoms with van der Waals surface area (Å²) < 4.78 is 17.1. The molecule has 0 amide bonds. The standard InChI is InChI=1S/C46H28FN5/c47-37-18-10-17-35(26-37)38-23-22-36(46-50-44(31-12-3-1-4-13-31)49-45(51-46)32-14-5-2-6-15-32)28-42(38)52-41-20-8-7-19-39(41)40-24-21-34(27-43(40)52)33-16-9-11-30(25-33)29-48/h1-28H. The van der Waals surface area contributed by atoms with Gasteiger partial charge < -0.3 is 4.57 Å². The van der Waals surface area contributed by atoms with Gasteiger partial charge in [0.05, 0.1) is 28.4 Å². The lowest BCUT2D eigenvalue weighted by Crippen LogP contribution is -2.02. The van der Waals surface area contributed by atoms with E-state index < -0.39 is 0 Å². The predicted octanol–water partition coefficient (Wildman–Crippen LogP) is 11.3. The number of fused-ring (bicyclic) bond motifs is 3. The molecule has 7 aromatic carbocycles. The van der Waals surface area contributed by atoms with Gasteiger partial charge in [0.25, 0.3) is 0 Å². The summed E-state index contributed by atoms with van der Waals surface area (Å²) in [5.41, 5.74) is 9.50. The van der Waals surface area contributed by atoms with Crippen molar-refractivity contribution in [2.45, 2.75) is 0 Å². The summed E-state index contributed by atoms with van der Waals surface area (Å²) >= 11 is 0. The fraction of sp³-hybridized carbons (Fsp3) is 0. The Kier molecular flexibility index (Phi) is 7.64. The normalized spacial score (nSPS) is 11.2. The maximum Gasteiger partial charge on any atom is 0.164 e. The van der Waals surface area contributed by atoms with Gasteiger partial charge in [0.1, 0.15) is 5.82 Å². The highest BCUT2D eigenvalue weighted by atomic mass is 19.1. The zero-order chi connectivity index (χ0) is 35.0. The fourth-order valence-electron chi connectivity index (χ4n) is 6.87. The van der Waals surface area contributed by atoms with Crippen molar-refractivity contribution in [1.82, 2.24) is 19.5 Å². The van der Waals surface area contributed by atoms with Crippen LogP contribution in [0.5, 0.6) is 0 Å². The molecule has 2 heterocycles. The number of hydrogen-bond acceptors (Lipinski definition) is 4. The van der Waals surface area contributed by atoms with E-state index in [9.17, 15) is 9.65 Å². The molecule has 0 fully saturated rings. The number of para-hydroxylation sites is 1. The Balaban J connectivity index is 1.33. The molecule has 52 heavy (non-hydrogen) atoms. The molecule has 0 aliphatic carbocycles. The summed E-state index contributed by atoms with van der Waals surface area (Å²) in [7, 11) is 0. The van der Waals surface area contributed by atoms with Crippen molar-refractivity contribution in [3.8, 4) is 68.2 Å². The molecule has 0 saturated carbocycles. The van der Waals surface area contributed by atoms with E-state index >= 15 is 0 Å². The number of nitriles is 1. The number of benzene rings is 7. The molecule has 0 spiro atoms. The first-order chi connectivity index (χ1) is 25.6. The van der Waals surface area contributed by atoms with Crippen molar-refractivity contribution >= 4 is 21.8 Å². The van der Waals surface area contributed by atoms with Crippen LogP contribution in [0.25, 0.3) is 83.9 Å². The summed E-state index contributed by atoms with van der Waals surface area (Å²) in [6, 6.07) is 57.2. The van der Waals surface area contributed by atoms with Crippen LogP contribution in [-0.2, 0) is 0 Å². The van der Waals surface area contributed by atoms with Gasteiger partial charge in [-0.2, -0.15) is 5.26 Å². The Labute approximate surface area is 299 Å². The Morgan fingerprint density at radius 1 is 0.442 bits per heavy atom. The number of nitrogens with zero attached hydrogens (tertiary/aromatic N) is 5. The van der Waals surface area contributed by atoms with E-state index in [-0.39, 0.29) is 5.82 Å². The van der Waals surface area contributed by atoms with Crippen LogP contribution in [0.2, 0.25) is 0 Å². The molecule has 0 aliphatic rings. The van der Waals surface area contributed by atoms with E-state index in [1.807, 2.05) is 115 Å². The Morgan fingerprint density at radius 3 is 1.73 bits per heavy atom. The fourth-order valence-corrected chi connectivity index (χ4v) is 6.87. The van der Waals surface area contributed by atoms with E-state index in [2.05, 4.69) is 47.0 Å². The summed E-state index contributed by atoms with van der Waals surface area (Å²) in [6.07, 6.45) is 0. The average Bonchev–Trinajstić information content (AvgIpc) is 3.54. The van der Waals surface area contributed by atoms with E-state index in [0.29, 0.717) is 23.0 Å². The minimum atomic E-state index is -0.313. The maximum absolute atomic E-state index is 14.8. The largest absolute Gasteiger partial charge is 0.309 e. The van der Waals surface area contributed by atoms with Crippen molar-refractivity contribution in [3.05, 3.63) is 181 Å². The quantitative estimate of drug-likeness (QED) is 0.177.